The van der Waals surface area contributed by atoms with Gasteiger partial charge in [0.1, 0.15) is 5.75 Å². The molecule has 1 N–H and O–H groups in total. The van der Waals surface area contributed by atoms with Gasteiger partial charge in [0.05, 0.1) is 6.54 Å². The van der Waals surface area contributed by atoms with E-state index in [2.05, 4.69) is 15.1 Å². The van der Waals surface area contributed by atoms with Gasteiger partial charge in [0.25, 0.3) is 0 Å². The largest absolute Gasteiger partial charge is 0.508 e. The quantitative estimate of drug-likeness (QED) is 0.850. The van der Waals surface area contributed by atoms with Crippen LogP contribution in [-0.4, -0.2) is 26.7 Å². The van der Waals surface area contributed by atoms with Crippen molar-refractivity contribution >= 4 is 0 Å². The maximum absolute atomic E-state index is 9.61. The molecule has 0 aliphatic heterocycles. The number of aromatic nitrogens is 2. The van der Waals surface area contributed by atoms with E-state index in [4.69, 9.17) is 4.42 Å². The molecule has 22 heavy (non-hydrogen) atoms. The molecule has 0 saturated heterocycles. The average molecular weight is 301 g/mol. The molecule has 0 radical (unpaired) electrons. The van der Waals surface area contributed by atoms with E-state index in [-0.39, 0.29) is 5.92 Å². The molecule has 3 rings (SSSR count). The fraction of sp³-hybridized carbons (Fsp3) is 0.529. The van der Waals surface area contributed by atoms with Gasteiger partial charge in [-0.05, 0) is 36.5 Å². The number of benzene rings is 1. The van der Waals surface area contributed by atoms with Crippen LogP contribution >= 0.6 is 0 Å². The Labute approximate surface area is 131 Å². The number of aromatic hydroxyl groups is 1. The maximum atomic E-state index is 9.61. The summed E-state index contributed by atoms with van der Waals surface area (Å²) in [6.45, 7) is 6.57. The number of phenolic OH excluding ortho intramolecular Hbond substituents is 1. The van der Waals surface area contributed by atoms with Crippen LogP contribution in [0.3, 0.4) is 0 Å². The summed E-state index contributed by atoms with van der Waals surface area (Å²) in [7, 11) is 0. The summed E-state index contributed by atoms with van der Waals surface area (Å²) in [6, 6.07) is 7.42. The Hall–Kier alpha value is -1.88. The van der Waals surface area contributed by atoms with Crippen molar-refractivity contribution in [2.24, 2.45) is 5.92 Å². The molecular weight excluding hydrogens is 278 g/mol. The van der Waals surface area contributed by atoms with E-state index >= 15 is 0 Å². The molecule has 118 valence electrons. The highest BCUT2D eigenvalue weighted by Crippen LogP contribution is 2.31. The van der Waals surface area contributed by atoms with E-state index in [1.165, 1.54) is 12.8 Å². The molecule has 0 spiro atoms. The van der Waals surface area contributed by atoms with Crippen LogP contribution in [0.15, 0.2) is 28.7 Å². The Balaban J connectivity index is 1.68. The minimum atomic E-state index is 0.254. The van der Waals surface area contributed by atoms with Crippen LogP contribution in [0, 0.1) is 5.92 Å². The Bertz CT molecular complexity index is 620. The van der Waals surface area contributed by atoms with Crippen molar-refractivity contribution in [3.05, 3.63) is 41.6 Å². The minimum Gasteiger partial charge on any atom is -0.508 e. The Morgan fingerprint density at radius 3 is 2.73 bits per heavy atom. The van der Waals surface area contributed by atoms with Crippen LogP contribution in [0.1, 0.15) is 50.0 Å². The molecule has 0 amide bonds. The Kier molecular flexibility index (Phi) is 4.43. The van der Waals surface area contributed by atoms with Gasteiger partial charge in [-0.25, -0.2) is 0 Å². The van der Waals surface area contributed by atoms with Crippen molar-refractivity contribution < 1.29 is 9.52 Å². The smallest absolute Gasteiger partial charge is 0.230 e. The summed E-state index contributed by atoms with van der Waals surface area (Å²) >= 11 is 0. The predicted octanol–water partition coefficient (Wildman–Crippen LogP) is 3.31. The third kappa shape index (κ3) is 4.07. The zero-order valence-corrected chi connectivity index (χ0v) is 13.2. The van der Waals surface area contributed by atoms with Crippen molar-refractivity contribution in [2.75, 3.05) is 6.54 Å². The van der Waals surface area contributed by atoms with Gasteiger partial charge in [-0.2, -0.15) is 0 Å². The molecule has 1 fully saturated rings. The summed E-state index contributed by atoms with van der Waals surface area (Å²) in [5.41, 5.74) is 1.10. The molecule has 1 saturated carbocycles. The molecule has 1 aliphatic rings. The van der Waals surface area contributed by atoms with Gasteiger partial charge in [0.2, 0.25) is 11.8 Å². The normalized spacial score (nSPS) is 14.9. The first-order chi connectivity index (χ1) is 10.6. The van der Waals surface area contributed by atoms with Gasteiger partial charge in [-0.3, -0.25) is 4.90 Å². The number of phenols is 1. The van der Waals surface area contributed by atoms with Crippen molar-refractivity contribution in [1.82, 2.24) is 15.1 Å². The third-order valence-electron chi connectivity index (χ3n) is 3.87. The molecule has 5 nitrogen and oxygen atoms in total. The minimum absolute atomic E-state index is 0.254. The standard InChI is InChI=1S/C17H23N3O2/c1-12(2)17-19-18-16(22-17)11-20(9-13-6-7-13)10-14-4-3-5-15(21)8-14/h3-5,8,12-13,21H,6-7,9-11H2,1-2H3. The second-order valence-electron chi connectivity index (χ2n) is 6.47. The molecule has 0 atom stereocenters. The van der Waals surface area contributed by atoms with Gasteiger partial charge in [0.15, 0.2) is 0 Å². The fourth-order valence-corrected chi connectivity index (χ4v) is 2.52. The molecule has 1 aliphatic carbocycles. The average Bonchev–Trinajstić information content (AvgIpc) is 3.14. The van der Waals surface area contributed by atoms with Crippen molar-refractivity contribution in [2.45, 2.75) is 45.7 Å². The maximum Gasteiger partial charge on any atom is 0.230 e. The third-order valence-corrected chi connectivity index (χ3v) is 3.87. The number of rotatable bonds is 7. The zero-order valence-electron chi connectivity index (χ0n) is 13.2. The first-order valence-corrected chi connectivity index (χ1v) is 7.92. The first kappa shape index (κ1) is 15.0. The highest BCUT2D eigenvalue weighted by molar-refractivity contribution is 5.27. The summed E-state index contributed by atoms with van der Waals surface area (Å²) in [4.78, 5) is 2.32. The monoisotopic (exact) mass is 301 g/mol. The van der Waals surface area contributed by atoms with Gasteiger partial charge in [0, 0.05) is 19.0 Å². The highest BCUT2D eigenvalue weighted by Gasteiger charge is 2.25. The second-order valence-corrected chi connectivity index (χ2v) is 6.47. The SMILES string of the molecule is CC(C)c1nnc(CN(Cc2cccc(O)c2)CC2CC2)o1. The topological polar surface area (TPSA) is 62.4 Å². The summed E-state index contributed by atoms with van der Waals surface area (Å²) < 4.78 is 5.73. The van der Waals surface area contributed by atoms with Gasteiger partial charge in [-0.1, -0.05) is 26.0 Å². The molecule has 2 aromatic rings. The number of nitrogens with zero attached hydrogens (tertiary/aromatic N) is 3. The first-order valence-electron chi connectivity index (χ1n) is 7.92. The van der Waals surface area contributed by atoms with Crippen LogP contribution in [0.2, 0.25) is 0 Å². The lowest BCUT2D eigenvalue weighted by atomic mass is 10.2. The van der Waals surface area contributed by atoms with Crippen LogP contribution < -0.4 is 0 Å². The van der Waals surface area contributed by atoms with Crippen LogP contribution in [0.4, 0.5) is 0 Å². The number of hydrogen-bond donors (Lipinski definition) is 1. The molecule has 0 unspecified atom stereocenters. The molecule has 5 heteroatoms. The van der Waals surface area contributed by atoms with E-state index in [1.807, 2.05) is 32.0 Å². The van der Waals surface area contributed by atoms with Gasteiger partial charge in [-0.15, -0.1) is 10.2 Å². The lowest BCUT2D eigenvalue weighted by Gasteiger charge is -2.20. The highest BCUT2D eigenvalue weighted by atomic mass is 16.4. The molecular formula is C17H23N3O2. The molecule has 1 aromatic heterocycles. The fourth-order valence-electron chi connectivity index (χ4n) is 2.52. The van der Waals surface area contributed by atoms with Crippen LogP contribution in [0.25, 0.3) is 0 Å². The Morgan fingerprint density at radius 1 is 1.27 bits per heavy atom. The van der Waals surface area contributed by atoms with E-state index in [1.54, 1.807) is 6.07 Å². The summed E-state index contributed by atoms with van der Waals surface area (Å²) in [5, 5.41) is 17.9. The molecule has 0 bridgehead atoms. The van der Waals surface area contributed by atoms with Crippen LogP contribution in [-0.2, 0) is 13.1 Å². The van der Waals surface area contributed by atoms with E-state index < -0.39 is 0 Å². The van der Waals surface area contributed by atoms with E-state index in [0.29, 0.717) is 24.1 Å². The summed E-state index contributed by atoms with van der Waals surface area (Å²) in [5.74, 6) is 2.71. The molecule has 1 heterocycles. The summed E-state index contributed by atoms with van der Waals surface area (Å²) in [6.07, 6.45) is 2.61. The predicted molar refractivity (Wildman–Crippen MR) is 83.3 cm³/mol. The lowest BCUT2D eigenvalue weighted by molar-refractivity contribution is 0.218. The van der Waals surface area contributed by atoms with Gasteiger partial charge >= 0.3 is 0 Å². The van der Waals surface area contributed by atoms with Crippen molar-refractivity contribution in [3.8, 4) is 5.75 Å². The molecule has 1 aromatic carbocycles. The Morgan fingerprint density at radius 2 is 2.09 bits per heavy atom. The lowest BCUT2D eigenvalue weighted by Crippen LogP contribution is -2.25. The van der Waals surface area contributed by atoms with Gasteiger partial charge < -0.3 is 9.52 Å². The van der Waals surface area contributed by atoms with Crippen LogP contribution in [0.5, 0.6) is 5.75 Å². The van der Waals surface area contributed by atoms with Crippen molar-refractivity contribution in [1.29, 1.82) is 0 Å². The number of hydrogen-bond acceptors (Lipinski definition) is 5. The van der Waals surface area contributed by atoms with E-state index in [0.717, 1.165) is 24.6 Å². The second kappa shape index (κ2) is 6.48. The van der Waals surface area contributed by atoms with E-state index in [9.17, 15) is 5.11 Å². The zero-order chi connectivity index (χ0) is 15.5. The van der Waals surface area contributed by atoms with Crippen molar-refractivity contribution in [3.63, 3.8) is 0 Å².